The number of phosphoric ester groups is 1. The third-order valence-corrected chi connectivity index (χ3v) is 7.01. The molecule has 15 heteroatoms. The number of rotatable bonds is 13. The molecule has 0 atom stereocenters. The lowest BCUT2D eigenvalue weighted by molar-refractivity contribution is -0.138. The molecular weight excluding hydrogens is 577 g/mol. The minimum atomic E-state index is -5.02. The van der Waals surface area contributed by atoms with Gasteiger partial charge in [-0.25, -0.2) is 23.8 Å². The van der Waals surface area contributed by atoms with E-state index in [-0.39, 0.29) is 34.1 Å². The van der Waals surface area contributed by atoms with E-state index in [9.17, 15) is 26.9 Å². The van der Waals surface area contributed by atoms with Crippen LogP contribution in [0.2, 0.25) is 0 Å². The molecule has 0 spiro atoms. The summed E-state index contributed by atoms with van der Waals surface area (Å²) >= 11 is 0.364. The molecule has 40 heavy (non-hydrogen) atoms. The minimum Gasteiger partial charge on any atom is -0.421 e. The molecule has 0 saturated carbocycles. The molecule has 0 bridgehead atoms. The molecule has 0 unspecified atom stereocenters. The van der Waals surface area contributed by atoms with Crippen LogP contribution >= 0.6 is 19.2 Å². The number of amides is 1. The predicted octanol–water partition coefficient (Wildman–Crippen LogP) is 7.61. The molecule has 3 rings (SSSR count). The molecule has 1 aromatic carbocycles. The fraction of sp³-hybridized carbons (Fsp3) is 0.400. The van der Waals surface area contributed by atoms with E-state index in [2.05, 4.69) is 21.4 Å². The Bertz CT molecular complexity index is 1320. The summed E-state index contributed by atoms with van der Waals surface area (Å²) in [6, 6.07) is 6.25. The Kier molecular flexibility index (Phi) is 11.2. The van der Waals surface area contributed by atoms with Crippen LogP contribution in [0, 0.1) is 5.13 Å². The number of unbranched alkanes of at least 4 members (excludes halogenated alkanes) is 5. The molecule has 0 aliphatic heterocycles. The highest BCUT2D eigenvalue weighted by molar-refractivity contribution is 7.46. The number of thiazole rings is 1. The van der Waals surface area contributed by atoms with Gasteiger partial charge in [0.05, 0.1) is 11.3 Å². The molecule has 0 saturated heterocycles. The first-order valence-corrected chi connectivity index (χ1v) is 14.7. The van der Waals surface area contributed by atoms with E-state index in [1.807, 2.05) is 0 Å². The number of benzene rings is 1. The third-order valence-electron chi connectivity index (χ3n) is 5.74. The summed E-state index contributed by atoms with van der Waals surface area (Å²) < 4.78 is 76.9. The van der Waals surface area contributed by atoms with Crippen LogP contribution < -0.4 is 4.90 Å². The van der Waals surface area contributed by atoms with Crippen molar-refractivity contribution in [2.45, 2.75) is 58.0 Å². The normalized spacial score (nSPS) is 12.0. The number of hydrogen-bond donors (Lipinski definition) is 2. The second-order valence-corrected chi connectivity index (χ2v) is 10.9. The zero-order valence-electron chi connectivity index (χ0n) is 21.4. The molecule has 0 aliphatic carbocycles. The largest absolute Gasteiger partial charge is 0.472 e. The first-order chi connectivity index (χ1) is 18.9. The Morgan fingerprint density at radius 1 is 1.12 bits per heavy atom. The van der Waals surface area contributed by atoms with E-state index in [0.717, 1.165) is 38.2 Å². The Hall–Kier alpha value is -2.90. The quantitative estimate of drug-likeness (QED) is 0.0884. The number of aromatic nitrogens is 2. The van der Waals surface area contributed by atoms with Gasteiger partial charge < -0.3 is 14.5 Å². The van der Waals surface area contributed by atoms with Crippen LogP contribution in [0.15, 0.2) is 42.7 Å². The van der Waals surface area contributed by atoms with E-state index in [1.165, 1.54) is 36.7 Å². The highest BCUT2D eigenvalue weighted by atomic mass is 32.1. The maximum Gasteiger partial charge on any atom is 0.472 e. The Morgan fingerprint density at radius 3 is 2.50 bits per heavy atom. The zero-order valence-corrected chi connectivity index (χ0v) is 23.1. The van der Waals surface area contributed by atoms with Crippen LogP contribution in [-0.2, 0) is 26.4 Å². The number of aryl methyl sites for hydroxylation is 1. The Labute approximate surface area is 232 Å². The van der Waals surface area contributed by atoms with Gasteiger partial charge in [-0.2, -0.15) is 17.6 Å². The summed E-state index contributed by atoms with van der Waals surface area (Å²) in [5.41, 5.74) is -1.23. The molecule has 9 nitrogen and oxygen atoms in total. The average Bonchev–Trinajstić information content (AvgIpc) is 3.26. The number of hydrogen-bond acceptors (Lipinski definition) is 7. The maximum absolute atomic E-state index is 14.9. The van der Waals surface area contributed by atoms with E-state index in [0.29, 0.717) is 22.7 Å². The Morgan fingerprint density at radius 2 is 1.85 bits per heavy atom. The molecule has 2 aromatic heterocycles. The topological polar surface area (TPSA) is 122 Å². The third kappa shape index (κ3) is 9.07. The van der Waals surface area contributed by atoms with Crippen molar-refractivity contribution in [1.82, 2.24) is 9.97 Å². The lowest BCUT2D eigenvalue weighted by Crippen LogP contribution is -2.28. The summed E-state index contributed by atoms with van der Waals surface area (Å²) in [6.07, 6.45) is 2.13. The molecular formula is C25H28F4N3O6PS. The summed E-state index contributed by atoms with van der Waals surface area (Å²) in [4.78, 5) is 39.2. The number of nitrogens with zero attached hydrogens (tertiary/aromatic N) is 3. The maximum atomic E-state index is 14.9. The lowest BCUT2D eigenvalue weighted by atomic mass is 9.99. The Balaban J connectivity index is 1.97. The number of carbonyl (C=O) groups is 1. The highest BCUT2D eigenvalue weighted by Crippen LogP contribution is 2.40. The summed E-state index contributed by atoms with van der Waals surface area (Å²) in [5, 5.41) is -1.22. The lowest BCUT2D eigenvalue weighted by Gasteiger charge is -2.22. The number of pyridine rings is 1. The van der Waals surface area contributed by atoms with Gasteiger partial charge in [0.25, 0.3) is 0 Å². The zero-order chi connectivity index (χ0) is 29.3. The van der Waals surface area contributed by atoms with Gasteiger partial charge in [-0.05, 0) is 42.7 Å². The van der Waals surface area contributed by atoms with Gasteiger partial charge in [-0.15, -0.1) is 0 Å². The van der Waals surface area contributed by atoms with Gasteiger partial charge in [0.2, 0.25) is 17.1 Å². The molecule has 1 amide bonds. The number of phosphoric acid groups is 1. The van der Waals surface area contributed by atoms with E-state index < -0.39 is 37.6 Å². The molecule has 2 heterocycles. The molecule has 218 valence electrons. The molecule has 2 N–H and O–H groups in total. The molecule has 3 aromatic rings. The van der Waals surface area contributed by atoms with Gasteiger partial charge in [0, 0.05) is 18.0 Å². The van der Waals surface area contributed by atoms with Gasteiger partial charge in [0.15, 0.2) is 0 Å². The van der Waals surface area contributed by atoms with Gasteiger partial charge >= 0.3 is 20.1 Å². The molecule has 0 aliphatic rings. The smallest absolute Gasteiger partial charge is 0.421 e. The van der Waals surface area contributed by atoms with Crippen molar-refractivity contribution in [3.8, 4) is 11.3 Å². The SMILES string of the molecule is CCCCCCCCc1ccc(N(C(=O)OCOP(=O)(O)O)c2nc(-c3cccnc3)c(F)s2)cc1C(F)(F)F. The fourth-order valence-electron chi connectivity index (χ4n) is 3.85. The van der Waals surface area contributed by atoms with Crippen LogP contribution in [0.3, 0.4) is 0 Å². The van der Waals surface area contributed by atoms with E-state index in [4.69, 9.17) is 14.5 Å². The second kappa shape index (κ2) is 14.1. The van der Waals surface area contributed by atoms with Crippen molar-refractivity contribution in [1.29, 1.82) is 0 Å². The van der Waals surface area contributed by atoms with Crippen molar-refractivity contribution < 1.29 is 46.0 Å². The second-order valence-electron chi connectivity index (χ2n) is 8.70. The number of ether oxygens (including phenoxy) is 1. The first-order valence-electron chi connectivity index (χ1n) is 12.3. The number of alkyl halides is 3. The predicted molar refractivity (Wildman–Crippen MR) is 140 cm³/mol. The van der Waals surface area contributed by atoms with Crippen LogP contribution in [0.5, 0.6) is 0 Å². The van der Waals surface area contributed by atoms with Gasteiger partial charge in [-0.3, -0.25) is 4.98 Å². The minimum absolute atomic E-state index is 0.0336. The van der Waals surface area contributed by atoms with Crippen molar-refractivity contribution in [2.24, 2.45) is 0 Å². The number of halogens is 4. The fourth-order valence-corrected chi connectivity index (χ4v) is 4.87. The van der Waals surface area contributed by atoms with E-state index in [1.54, 1.807) is 0 Å². The van der Waals surface area contributed by atoms with Crippen LogP contribution in [0.4, 0.5) is 33.2 Å². The molecule has 0 fully saturated rings. The van der Waals surface area contributed by atoms with Crippen LogP contribution in [0.25, 0.3) is 11.3 Å². The average molecular weight is 606 g/mol. The number of anilines is 2. The summed E-state index contributed by atoms with van der Waals surface area (Å²) in [6.45, 7) is 0.853. The monoisotopic (exact) mass is 605 g/mol. The number of carbonyl (C=O) groups excluding carboxylic acids is 1. The summed E-state index contributed by atoms with van der Waals surface area (Å²) in [7, 11) is -5.02. The van der Waals surface area contributed by atoms with Gasteiger partial charge in [-0.1, -0.05) is 56.4 Å². The summed E-state index contributed by atoms with van der Waals surface area (Å²) in [5.74, 6) is 0. The molecule has 0 radical (unpaired) electrons. The van der Waals surface area contributed by atoms with Crippen molar-refractivity contribution in [3.05, 3.63) is 59.0 Å². The first kappa shape index (κ1) is 31.6. The standard InChI is InChI=1S/C25H28F4N3O6PS/c1-2-3-4-5-6-7-9-17-11-12-19(14-20(17)25(27,28)29)32(24(33)37-16-38-39(34,35)36)23-31-21(22(26)40-23)18-10-8-13-30-15-18/h8,10-15H,2-7,9,16H2,1H3,(H2,34,35,36). The van der Waals surface area contributed by atoms with Gasteiger partial charge in [0.1, 0.15) is 5.69 Å². The van der Waals surface area contributed by atoms with E-state index >= 15 is 0 Å². The van der Waals surface area contributed by atoms with Crippen molar-refractivity contribution in [2.75, 3.05) is 11.7 Å². The van der Waals surface area contributed by atoms with Crippen LogP contribution in [-0.4, -0.2) is 32.6 Å². The highest BCUT2D eigenvalue weighted by Gasteiger charge is 2.35. The van der Waals surface area contributed by atoms with Crippen molar-refractivity contribution >= 4 is 36.1 Å². The van der Waals surface area contributed by atoms with Crippen molar-refractivity contribution in [3.63, 3.8) is 0 Å². The van der Waals surface area contributed by atoms with Crippen LogP contribution in [0.1, 0.15) is 56.6 Å².